The molecule has 0 saturated carbocycles. The standard InChI is InChI=1S/C23H29N5O2/c1-30-21-9-3-2-8-20(21)28-15-13-27(14-16-28)12-5-4-10-25-23(29)19-17-18-7-6-11-24-22(18)26-19/h2-3,6-9,11,17H,4-5,10,12-16H2,1H3,(H,24,26)(H,25,29). The van der Waals surface area contributed by atoms with Crippen molar-refractivity contribution in [3.8, 4) is 5.75 Å². The molecule has 1 aliphatic rings. The fourth-order valence-corrected chi connectivity index (χ4v) is 3.94. The third-order valence-electron chi connectivity index (χ3n) is 5.62. The first-order chi connectivity index (χ1) is 14.7. The molecule has 0 radical (unpaired) electrons. The molecule has 4 rings (SSSR count). The summed E-state index contributed by atoms with van der Waals surface area (Å²) >= 11 is 0. The Balaban J connectivity index is 1.15. The van der Waals surface area contributed by atoms with Gasteiger partial charge in [-0.25, -0.2) is 4.98 Å². The molecular weight excluding hydrogens is 378 g/mol. The van der Waals surface area contributed by atoms with E-state index in [9.17, 15) is 4.79 Å². The number of fused-ring (bicyclic) bond motifs is 1. The van der Waals surface area contributed by atoms with Gasteiger partial charge in [-0.3, -0.25) is 9.69 Å². The van der Waals surface area contributed by atoms with Gasteiger partial charge in [-0.15, -0.1) is 0 Å². The number of anilines is 1. The van der Waals surface area contributed by atoms with Crippen LogP contribution in [0.1, 0.15) is 23.3 Å². The van der Waals surface area contributed by atoms with Crippen LogP contribution in [0, 0.1) is 0 Å². The summed E-state index contributed by atoms with van der Waals surface area (Å²) < 4.78 is 5.49. The monoisotopic (exact) mass is 407 g/mol. The summed E-state index contributed by atoms with van der Waals surface area (Å²) in [6.45, 7) is 5.85. The molecule has 0 bridgehead atoms. The third kappa shape index (κ3) is 4.74. The molecule has 1 aliphatic heterocycles. The molecule has 0 aliphatic carbocycles. The number of benzene rings is 1. The number of pyridine rings is 1. The van der Waals surface area contributed by atoms with Crippen LogP contribution in [0.25, 0.3) is 11.0 Å². The highest BCUT2D eigenvalue weighted by Crippen LogP contribution is 2.28. The number of para-hydroxylation sites is 2. The van der Waals surface area contributed by atoms with Crippen LogP contribution in [-0.2, 0) is 0 Å². The molecule has 0 unspecified atom stereocenters. The number of rotatable bonds is 8. The van der Waals surface area contributed by atoms with Gasteiger partial charge in [-0.2, -0.15) is 0 Å². The van der Waals surface area contributed by atoms with Gasteiger partial charge in [-0.1, -0.05) is 12.1 Å². The molecular formula is C23H29N5O2. The summed E-state index contributed by atoms with van der Waals surface area (Å²) in [5.74, 6) is 0.867. The van der Waals surface area contributed by atoms with Crippen molar-refractivity contribution in [3.63, 3.8) is 0 Å². The van der Waals surface area contributed by atoms with Crippen LogP contribution >= 0.6 is 0 Å². The highest BCUT2D eigenvalue weighted by Gasteiger charge is 2.19. The molecule has 7 nitrogen and oxygen atoms in total. The number of amides is 1. The van der Waals surface area contributed by atoms with Crippen LogP contribution in [0.5, 0.6) is 5.75 Å². The first kappa shape index (κ1) is 20.2. The number of methoxy groups -OCH3 is 1. The van der Waals surface area contributed by atoms with Gasteiger partial charge in [0.15, 0.2) is 0 Å². The van der Waals surface area contributed by atoms with Crippen LogP contribution in [0.15, 0.2) is 48.7 Å². The SMILES string of the molecule is COc1ccccc1N1CCN(CCCCNC(=O)c2cc3cccnc3[nH]2)CC1. The Morgan fingerprint density at radius 1 is 1.13 bits per heavy atom. The molecule has 30 heavy (non-hydrogen) atoms. The van der Waals surface area contributed by atoms with E-state index in [0.29, 0.717) is 12.2 Å². The number of aromatic nitrogens is 2. The molecule has 158 valence electrons. The Labute approximate surface area is 177 Å². The molecule has 0 atom stereocenters. The summed E-state index contributed by atoms with van der Waals surface area (Å²) in [5.41, 5.74) is 2.49. The van der Waals surface area contributed by atoms with Crippen LogP contribution in [0.4, 0.5) is 5.69 Å². The molecule has 3 heterocycles. The third-order valence-corrected chi connectivity index (χ3v) is 5.62. The van der Waals surface area contributed by atoms with E-state index in [4.69, 9.17) is 4.74 Å². The van der Waals surface area contributed by atoms with Crippen LogP contribution in [0.2, 0.25) is 0 Å². The minimum atomic E-state index is -0.0709. The fourth-order valence-electron chi connectivity index (χ4n) is 3.94. The Morgan fingerprint density at radius 3 is 2.77 bits per heavy atom. The van der Waals surface area contributed by atoms with Crippen molar-refractivity contribution >= 4 is 22.6 Å². The average molecular weight is 408 g/mol. The number of carbonyl (C=O) groups is 1. The molecule has 7 heteroatoms. The maximum Gasteiger partial charge on any atom is 0.267 e. The second-order valence-corrected chi connectivity index (χ2v) is 7.59. The lowest BCUT2D eigenvalue weighted by Crippen LogP contribution is -2.46. The minimum absolute atomic E-state index is 0.0709. The highest BCUT2D eigenvalue weighted by molar-refractivity contribution is 5.97. The lowest BCUT2D eigenvalue weighted by Gasteiger charge is -2.36. The topological polar surface area (TPSA) is 73.5 Å². The van der Waals surface area contributed by atoms with Crippen LogP contribution in [0.3, 0.4) is 0 Å². The maximum atomic E-state index is 12.3. The molecule has 2 N–H and O–H groups in total. The Morgan fingerprint density at radius 2 is 1.97 bits per heavy atom. The van der Waals surface area contributed by atoms with Crippen molar-refractivity contribution in [1.29, 1.82) is 0 Å². The van der Waals surface area contributed by atoms with E-state index in [1.54, 1.807) is 13.3 Å². The molecule has 0 spiro atoms. The van der Waals surface area contributed by atoms with Crippen molar-refractivity contribution in [2.45, 2.75) is 12.8 Å². The van der Waals surface area contributed by atoms with E-state index in [2.05, 4.69) is 37.2 Å². The van der Waals surface area contributed by atoms with Crippen molar-refractivity contribution in [3.05, 3.63) is 54.4 Å². The second kappa shape index (κ2) is 9.63. The number of aromatic amines is 1. The van der Waals surface area contributed by atoms with E-state index < -0.39 is 0 Å². The van der Waals surface area contributed by atoms with E-state index in [1.807, 2.05) is 30.3 Å². The van der Waals surface area contributed by atoms with Gasteiger partial charge < -0.3 is 19.9 Å². The van der Waals surface area contributed by atoms with Crippen molar-refractivity contribution in [1.82, 2.24) is 20.2 Å². The van der Waals surface area contributed by atoms with Crippen LogP contribution in [-0.4, -0.2) is 67.2 Å². The lowest BCUT2D eigenvalue weighted by atomic mass is 10.2. The number of hydrogen-bond acceptors (Lipinski definition) is 5. The average Bonchev–Trinajstić information content (AvgIpc) is 3.24. The number of nitrogens with zero attached hydrogens (tertiary/aromatic N) is 3. The van der Waals surface area contributed by atoms with E-state index >= 15 is 0 Å². The molecule has 1 aromatic carbocycles. The number of unbranched alkanes of at least 4 members (excludes halogenated alkanes) is 1. The fraction of sp³-hybridized carbons (Fsp3) is 0.391. The zero-order valence-electron chi connectivity index (χ0n) is 17.4. The smallest absolute Gasteiger partial charge is 0.267 e. The summed E-state index contributed by atoms with van der Waals surface area (Å²) in [7, 11) is 1.73. The Bertz CT molecular complexity index is 945. The normalized spacial score (nSPS) is 14.8. The van der Waals surface area contributed by atoms with Gasteiger partial charge in [0.1, 0.15) is 17.1 Å². The number of carbonyl (C=O) groups excluding carboxylic acids is 1. The Kier molecular flexibility index (Phi) is 6.49. The van der Waals surface area contributed by atoms with Crippen molar-refractivity contribution in [2.24, 2.45) is 0 Å². The summed E-state index contributed by atoms with van der Waals surface area (Å²) in [4.78, 5) is 24.5. The predicted octanol–water partition coefficient (Wildman–Crippen LogP) is 2.90. The minimum Gasteiger partial charge on any atom is -0.495 e. The first-order valence-corrected chi connectivity index (χ1v) is 10.6. The number of piperazine rings is 1. The second-order valence-electron chi connectivity index (χ2n) is 7.59. The van der Waals surface area contributed by atoms with E-state index in [-0.39, 0.29) is 5.91 Å². The number of hydrogen-bond donors (Lipinski definition) is 2. The number of ether oxygens (including phenoxy) is 1. The van der Waals surface area contributed by atoms with Gasteiger partial charge in [-0.05, 0) is 49.7 Å². The summed E-state index contributed by atoms with van der Waals surface area (Å²) in [6.07, 6.45) is 3.76. The van der Waals surface area contributed by atoms with E-state index in [1.165, 1.54) is 5.69 Å². The van der Waals surface area contributed by atoms with Gasteiger partial charge in [0, 0.05) is 44.3 Å². The quantitative estimate of drug-likeness (QED) is 0.562. The lowest BCUT2D eigenvalue weighted by molar-refractivity contribution is 0.0948. The Hall–Kier alpha value is -3.06. The van der Waals surface area contributed by atoms with Gasteiger partial charge in [0.05, 0.1) is 12.8 Å². The zero-order chi connectivity index (χ0) is 20.8. The maximum absolute atomic E-state index is 12.3. The molecule has 3 aromatic rings. The van der Waals surface area contributed by atoms with Gasteiger partial charge >= 0.3 is 0 Å². The number of nitrogens with one attached hydrogen (secondary N) is 2. The zero-order valence-corrected chi connectivity index (χ0v) is 17.4. The van der Waals surface area contributed by atoms with Crippen LogP contribution < -0.4 is 15.0 Å². The molecule has 1 fully saturated rings. The van der Waals surface area contributed by atoms with Gasteiger partial charge in [0.2, 0.25) is 0 Å². The number of H-pyrrole nitrogens is 1. The molecule has 1 amide bonds. The first-order valence-electron chi connectivity index (χ1n) is 10.6. The predicted molar refractivity (Wildman–Crippen MR) is 119 cm³/mol. The molecule has 2 aromatic heterocycles. The van der Waals surface area contributed by atoms with Crippen molar-refractivity contribution < 1.29 is 9.53 Å². The van der Waals surface area contributed by atoms with Crippen molar-refractivity contribution in [2.75, 3.05) is 51.3 Å². The summed E-state index contributed by atoms with van der Waals surface area (Å²) in [6, 6.07) is 13.9. The summed E-state index contributed by atoms with van der Waals surface area (Å²) in [5, 5.41) is 3.95. The largest absolute Gasteiger partial charge is 0.495 e. The highest BCUT2D eigenvalue weighted by atomic mass is 16.5. The van der Waals surface area contributed by atoms with E-state index in [0.717, 1.165) is 62.3 Å². The molecule has 1 saturated heterocycles. The van der Waals surface area contributed by atoms with Gasteiger partial charge in [0.25, 0.3) is 5.91 Å².